The van der Waals surface area contributed by atoms with Crippen molar-refractivity contribution in [3.05, 3.63) is 45.4 Å². The summed E-state index contributed by atoms with van der Waals surface area (Å²) in [4.78, 5) is 9.55. The van der Waals surface area contributed by atoms with E-state index in [0.717, 1.165) is 54.2 Å². The summed E-state index contributed by atoms with van der Waals surface area (Å²) in [5.74, 6) is 2.18. The molecule has 0 aliphatic carbocycles. The van der Waals surface area contributed by atoms with E-state index in [1.807, 2.05) is 0 Å². The van der Waals surface area contributed by atoms with Crippen LogP contribution in [0.25, 0.3) is 0 Å². The lowest BCUT2D eigenvalue weighted by Crippen LogP contribution is -2.36. The number of aryl methyl sites for hydroxylation is 1. The highest BCUT2D eigenvalue weighted by atomic mass is 32.1. The number of benzene rings is 1. The van der Waals surface area contributed by atoms with Gasteiger partial charge in [-0.3, -0.25) is 0 Å². The van der Waals surface area contributed by atoms with Gasteiger partial charge in [-0.1, -0.05) is 32.9 Å². The monoisotopic (exact) mass is 444 g/mol. The standard InChI is InChI=1S/C24H36N4O2S/c1-6-25-23(27-13-22-28-21(16-31-22)24(3,4)5)26-12-19-8-7-17(2)11-20(19)30-15-18-9-10-29-14-18/h7-8,11,16,18H,6,9-10,12-15H2,1-5H3,(H2,25,26,27). The van der Waals surface area contributed by atoms with E-state index in [4.69, 9.17) is 19.5 Å². The van der Waals surface area contributed by atoms with Crippen molar-refractivity contribution in [2.24, 2.45) is 10.9 Å². The molecule has 0 amide bonds. The maximum absolute atomic E-state index is 6.16. The van der Waals surface area contributed by atoms with Gasteiger partial charge in [0.2, 0.25) is 0 Å². The summed E-state index contributed by atoms with van der Waals surface area (Å²) in [6.45, 7) is 15.1. The minimum absolute atomic E-state index is 0.0692. The number of nitrogens with one attached hydrogen (secondary N) is 2. The fourth-order valence-corrected chi connectivity index (χ4v) is 4.21. The van der Waals surface area contributed by atoms with Crippen LogP contribution in [0.3, 0.4) is 0 Å². The molecule has 1 aliphatic heterocycles. The summed E-state index contributed by atoms with van der Waals surface area (Å²) < 4.78 is 11.6. The van der Waals surface area contributed by atoms with E-state index >= 15 is 0 Å². The van der Waals surface area contributed by atoms with E-state index in [-0.39, 0.29) is 5.41 Å². The summed E-state index contributed by atoms with van der Waals surface area (Å²) in [6, 6.07) is 6.32. The van der Waals surface area contributed by atoms with Crippen LogP contribution in [0.1, 0.15) is 55.9 Å². The number of hydrogen-bond donors (Lipinski definition) is 2. The molecule has 0 saturated carbocycles. The second-order valence-corrected chi connectivity index (χ2v) is 10.0. The Morgan fingerprint density at radius 2 is 2.16 bits per heavy atom. The summed E-state index contributed by atoms with van der Waals surface area (Å²) in [6.07, 6.45) is 1.07. The maximum Gasteiger partial charge on any atom is 0.191 e. The molecule has 3 rings (SSSR count). The van der Waals surface area contributed by atoms with Crippen LogP contribution < -0.4 is 15.4 Å². The Labute approximate surface area is 190 Å². The Kier molecular flexibility index (Phi) is 8.32. The molecule has 7 heteroatoms. The van der Waals surface area contributed by atoms with Crippen LogP contribution in [-0.2, 0) is 23.2 Å². The van der Waals surface area contributed by atoms with Crippen LogP contribution in [-0.4, -0.2) is 37.3 Å². The topological polar surface area (TPSA) is 67.8 Å². The van der Waals surface area contributed by atoms with Crippen LogP contribution in [0.5, 0.6) is 5.75 Å². The van der Waals surface area contributed by atoms with Gasteiger partial charge in [-0.25, -0.2) is 9.98 Å². The van der Waals surface area contributed by atoms with E-state index in [1.165, 1.54) is 5.56 Å². The quantitative estimate of drug-likeness (QED) is 0.466. The zero-order valence-electron chi connectivity index (χ0n) is 19.5. The molecule has 1 aromatic carbocycles. The van der Waals surface area contributed by atoms with Crippen molar-refractivity contribution in [1.29, 1.82) is 0 Å². The van der Waals surface area contributed by atoms with Gasteiger partial charge in [-0.05, 0) is 31.9 Å². The minimum atomic E-state index is 0.0692. The first-order chi connectivity index (χ1) is 14.8. The lowest BCUT2D eigenvalue weighted by Gasteiger charge is -2.15. The van der Waals surface area contributed by atoms with E-state index in [2.05, 4.69) is 68.8 Å². The van der Waals surface area contributed by atoms with Gasteiger partial charge in [0, 0.05) is 35.4 Å². The summed E-state index contributed by atoms with van der Waals surface area (Å²) in [5.41, 5.74) is 3.48. The summed E-state index contributed by atoms with van der Waals surface area (Å²) in [5, 5.41) is 9.94. The summed E-state index contributed by atoms with van der Waals surface area (Å²) >= 11 is 1.69. The molecular weight excluding hydrogens is 408 g/mol. The molecule has 2 aromatic rings. The first-order valence-corrected chi connectivity index (χ1v) is 12.0. The lowest BCUT2D eigenvalue weighted by molar-refractivity contribution is 0.166. The van der Waals surface area contributed by atoms with Gasteiger partial charge < -0.3 is 20.1 Å². The Hall–Kier alpha value is -2.12. The third-order valence-corrected chi connectivity index (χ3v) is 6.05. The molecule has 1 unspecified atom stereocenters. The average molecular weight is 445 g/mol. The largest absolute Gasteiger partial charge is 0.493 e. The van der Waals surface area contributed by atoms with Crippen molar-refractivity contribution in [1.82, 2.24) is 15.6 Å². The highest BCUT2D eigenvalue weighted by molar-refractivity contribution is 7.09. The predicted octanol–water partition coefficient (Wildman–Crippen LogP) is 4.42. The fraction of sp³-hybridized carbons (Fsp3) is 0.583. The second-order valence-electron chi connectivity index (χ2n) is 9.08. The first kappa shape index (κ1) is 23.5. The molecule has 1 atom stereocenters. The van der Waals surface area contributed by atoms with Gasteiger partial charge in [0.25, 0.3) is 0 Å². The molecular formula is C24H36N4O2S. The molecule has 2 N–H and O–H groups in total. The van der Waals surface area contributed by atoms with E-state index in [1.54, 1.807) is 11.3 Å². The Bertz CT molecular complexity index is 867. The molecule has 1 fully saturated rings. The third-order valence-electron chi connectivity index (χ3n) is 5.20. The number of thiazole rings is 1. The van der Waals surface area contributed by atoms with E-state index < -0.39 is 0 Å². The maximum atomic E-state index is 6.16. The van der Waals surface area contributed by atoms with Crippen LogP contribution in [0.2, 0.25) is 0 Å². The Morgan fingerprint density at radius 1 is 1.32 bits per heavy atom. The van der Waals surface area contributed by atoms with Gasteiger partial charge in [0.05, 0.1) is 32.0 Å². The molecule has 1 aliphatic rings. The molecule has 31 heavy (non-hydrogen) atoms. The molecule has 0 bridgehead atoms. The number of guanidine groups is 1. The summed E-state index contributed by atoms with van der Waals surface area (Å²) in [7, 11) is 0. The molecule has 6 nitrogen and oxygen atoms in total. The van der Waals surface area contributed by atoms with Crippen molar-refractivity contribution >= 4 is 17.3 Å². The van der Waals surface area contributed by atoms with Crippen molar-refractivity contribution in [2.75, 3.05) is 26.4 Å². The zero-order valence-corrected chi connectivity index (χ0v) is 20.3. The predicted molar refractivity (Wildman–Crippen MR) is 128 cm³/mol. The van der Waals surface area contributed by atoms with Gasteiger partial charge in [-0.15, -0.1) is 11.3 Å². The van der Waals surface area contributed by atoms with E-state index in [0.29, 0.717) is 25.6 Å². The van der Waals surface area contributed by atoms with Crippen LogP contribution in [0.15, 0.2) is 28.6 Å². The first-order valence-electron chi connectivity index (χ1n) is 11.1. The van der Waals surface area contributed by atoms with Crippen molar-refractivity contribution in [2.45, 2.75) is 59.5 Å². The number of aliphatic imine (C=N–C) groups is 1. The van der Waals surface area contributed by atoms with Crippen LogP contribution in [0, 0.1) is 12.8 Å². The Morgan fingerprint density at radius 3 is 2.84 bits per heavy atom. The van der Waals surface area contributed by atoms with Gasteiger partial charge in [0.1, 0.15) is 10.8 Å². The number of rotatable bonds is 8. The molecule has 0 radical (unpaired) electrons. The molecule has 170 valence electrons. The van der Waals surface area contributed by atoms with Crippen LogP contribution >= 0.6 is 11.3 Å². The molecule has 1 aromatic heterocycles. The average Bonchev–Trinajstić information content (AvgIpc) is 3.41. The van der Waals surface area contributed by atoms with Gasteiger partial charge >= 0.3 is 0 Å². The number of nitrogens with zero attached hydrogens (tertiary/aromatic N) is 2. The second kappa shape index (κ2) is 11.0. The van der Waals surface area contributed by atoms with Gasteiger partial charge in [-0.2, -0.15) is 0 Å². The van der Waals surface area contributed by atoms with Gasteiger partial charge in [0.15, 0.2) is 5.96 Å². The smallest absolute Gasteiger partial charge is 0.191 e. The Balaban J connectivity index is 1.63. The minimum Gasteiger partial charge on any atom is -0.493 e. The zero-order chi connectivity index (χ0) is 22.3. The highest BCUT2D eigenvalue weighted by Gasteiger charge is 2.18. The SMILES string of the molecule is CCNC(=NCc1ccc(C)cc1OCC1CCOC1)NCc1nc(C(C)(C)C)cs1. The van der Waals surface area contributed by atoms with E-state index in [9.17, 15) is 0 Å². The normalized spacial score (nSPS) is 17.1. The number of hydrogen-bond acceptors (Lipinski definition) is 5. The molecule has 2 heterocycles. The van der Waals surface area contributed by atoms with Crippen molar-refractivity contribution < 1.29 is 9.47 Å². The fourth-order valence-electron chi connectivity index (χ4n) is 3.25. The molecule has 0 spiro atoms. The van der Waals surface area contributed by atoms with Crippen molar-refractivity contribution in [3.63, 3.8) is 0 Å². The third kappa shape index (κ3) is 7.21. The molecule has 1 saturated heterocycles. The highest BCUT2D eigenvalue weighted by Crippen LogP contribution is 2.25. The number of aromatic nitrogens is 1. The lowest BCUT2D eigenvalue weighted by atomic mass is 9.93. The van der Waals surface area contributed by atoms with Crippen LogP contribution in [0.4, 0.5) is 0 Å². The van der Waals surface area contributed by atoms with Crippen molar-refractivity contribution in [3.8, 4) is 5.75 Å². The number of ether oxygens (including phenoxy) is 2.